The number of esters is 1. The summed E-state index contributed by atoms with van der Waals surface area (Å²) in [5.41, 5.74) is -0.625. The van der Waals surface area contributed by atoms with Gasteiger partial charge in [0.2, 0.25) is 0 Å². The molecular formula is C18H34O3. The molecule has 0 aromatic rings. The highest BCUT2D eigenvalue weighted by atomic mass is 16.5. The summed E-state index contributed by atoms with van der Waals surface area (Å²) in [6, 6.07) is 0. The minimum Gasteiger partial charge on any atom is -0.461 e. The predicted octanol–water partition coefficient (Wildman–Crippen LogP) is 4.20. The molecule has 0 unspecified atom stereocenters. The van der Waals surface area contributed by atoms with E-state index in [0.717, 1.165) is 6.42 Å². The van der Waals surface area contributed by atoms with Crippen LogP contribution in [0.25, 0.3) is 0 Å². The lowest BCUT2D eigenvalue weighted by molar-refractivity contribution is -0.159. The fourth-order valence-corrected chi connectivity index (χ4v) is 2.19. The Hall–Kier alpha value is -0.830. The first-order valence-electron chi connectivity index (χ1n) is 7.89. The van der Waals surface area contributed by atoms with E-state index in [0.29, 0.717) is 18.3 Å². The summed E-state index contributed by atoms with van der Waals surface area (Å²) in [7, 11) is 0. The van der Waals surface area contributed by atoms with E-state index in [1.165, 1.54) is 6.08 Å². The molecule has 0 bridgehead atoms. The van der Waals surface area contributed by atoms with Crippen molar-refractivity contribution in [2.45, 2.75) is 67.4 Å². The standard InChI is InChI=1S/C18H34O3/c1-9-10-21-16(20)18(7,8)15(19)12-13(2)11-14(3)17(4,5)6/h9,13-15,19H,1,10-12H2,2-8H3/t13-,14+,15+/m1/s1. The van der Waals surface area contributed by atoms with Crippen LogP contribution >= 0.6 is 0 Å². The van der Waals surface area contributed by atoms with Gasteiger partial charge in [-0.3, -0.25) is 4.79 Å². The van der Waals surface area contributed by atoms with Crippen molar-refractivity contribution in [2.75, 3.05) is 6.61 Å². The number of rotatable bonds is 8. The van der Waals surface area contributed by atoms with E-state index in [2.05, 4.69) is 41.2 Å². The SMILES string of the molecule is C=CCOC(=O)C(C)(C)[C@@H](O)C[C@H](C)C[C@H](C)C(C)(C)C. The molecule has 21 heavy (non-hydrogen) atoms. The minimum absolute atomic E-state index is 0.186. The van der Waals surface area contributed by atoms with Crippen LogP contribution in [0.15, 0.2) is 12.7 Å². The molecule has 0 aliphatic carbocycles. The third-order valence-corrected chi connectivity index (χ3v) is 4.55. The van der Waals surface area contributed by atoms with Crippen LogP contribution in [-0.2, 0) is 9.53 Å². The van der Waals surface area contributed by atoms with E-state index < -0.39 is 11.5 Å². The molecule has 0 aromatic heterocycles. The third-order valence-electron chi connectivity index (χ3n) is 4.55. The smallest absolute Gasteiger partial charge is 0.314 e. The average Bonchev–Trinajstić information content (AvgIpc) is 2.34. The van der Waals surface area contributed by atoms with Gasteiger partial charge in [0.15, 0.2) is 0 Å². The summed E-state index contributed by atoms with van der Waals surface area (Å²) >= 11 is 0. The van der Waals surface area contributed by atoms with Gasteiger partial charge >= 0.3 is 5.97 Å². The molecule has 1 N–H and O–H groups in total. The topological polar surface area (TPSA) is 46.5 Å². The predicted molar refractivity (Wildman–Crippen MR) is 88.0 cm³/mol. The monoisotopic (exact) mass is 298 g/mol. The molecule has 0 fully saturated rings. The van der Waals surface area contributed by atoms with Crippen molar-refractivity contribution in [1.29, 1.82) is 0 Å². The first-order chi connectivity index (χ1) is 9.42. The first-order valence-corrected chi connectivity index (χ1v) is 7.89. The summed E-state index contributed by atoms with van der Waals surface area (Å²) in [4.78, 5) is 12.0. The second-order valence-corrected chi connectivity index (χ2v) is 7.97. The second-order valence-electron chi connectivity index (χ2n) is 7.97. The second kappa shape index (κ2) is 7.98. The van der Waals surface area contributed by atoms with E-state index in [1.807, 2.05) is 0 Å². The summed E-state index contributed by atoms with van der Waals surface area (Å²) < 4.78 is 5.08. The molecule has 0 saturated heterocycles. The Kier molecular flexibility index (Phi) is 7.66. The maximum absolute atomic E-state index is 12.0. The lowest BCUT2D eigenvalue weighted by atomic mass is 9.74. The van der Waals surface area contributed by atoms with Gasteiger partial charge in [-0.05, 0) is 43.9 Å². The summed E-state index contributed by atoms with van der Waals surface area (Å²) in [6.45, 7) is 18.3. The van der Waals surface area contributed by atoms with E-state index in [9.17, 15) is 9.90 Å². The molecule has 0 amide bonds. The van der Waals surface area contributed by atoms with E-state index in [4.69, 9.17) is 4.74 Å². The summed E-state index contributed by atoms with van der Waals surface area (Å²) in [5.74, 6) is 0.558. The van der Waals surface area contributed by atoms with Crippen LogP contribution in [0.2, 0.25) is 0 Å². The van der Waals surface area contributed by atoms with E-state index in [1.54, 1.807) is 13.8 Å². The van der Waals surface area contributed by atoms with Crippen LogP contribution < -0.4 is 0 Å². The maximum atomic E-state index is 12.0. The number of carbonyl (C=O) groups excluding carboxylic acids is 1. The van der Waals surface area contributed by atoms with Crippen LogP contribution in [0.3, 0.4) is 0 Å². The van der Waals surface area contributed by atoms with Crippen LogP contribution in [0.4, 0.5) is 0 Å². The fourth-order valence-electron chi connectivity index (χ4n) is 2.19. The van der Waals surface area contributed by atoms with Gasteiger partial charge < -0.3 is 9.84 Å². The fraction of sp³-hybridized carbons (Fsp3) is 0.833. The zero-order valence-corrected chi connectivity index (χ0v) is 14.9. The lowest BCUT2D eigenvalue weighted by Crippen LogP contribution is -2.39. The summed E-state index contributed by atoms with van der Waals surface area (Å²) in [6.07, 6.45) is 2.49. The van der Waals surface area contributed by atoms with Crippen LogP contribution in [0.1, 0.15) is 61.3 Å². The van der Waals surface area contributed by atoms with E-state index in [-0.39, 0.29) is 18.0 Å². The van der Waals surface area contributed by atoms with Crippen LogP contribution in [-0.4, -0.2) is 23.8 Å². The Balaban J connectivity index is 4.54. The van der Waals surface area contributed by atoms with Gasteiger partial charge in [-0.1, -0.05) is 47.3 Å². The van der Waals surface area contributed by atoms with Crippen LogP contribution in [0.5, 0.6) is 0 Å². The Morgan fingerprint density at radius 1 is 1.19 bits per heavy atom. The van der Waals surface area contributed by atoms with Gasteiger partial charge in [-0.15, -0.1) is 0 Å². The van der Waals surface area contributed by atoms with Crippen LogP contribution in [0, 0.1) is 22.7 Å². The molecule has 3 nitrogen and oxygen atoms in total. The van der Waals surface area contributed by atoms with Gasteiger partial charge in [0.25, 0.3) is 0 Å². The number of hydrogen-bond donors (Lipinski definition) is 1. The largest absolute Gasteiger partial charge is 0.461 e. The molecule has 0 aliphatic heterocycles. The normalized spacial score (nSPS) is 17.0. The zero-order valence-electron chi connectivity index (χ0n) is 14.9. The van der Waals surface area contributed by atoms with E-state index >= 15 is 0 Å². The highest BCUT2D eigenvalue weighted by molar-refractivity contribution is 5.76. The Labute approximate surface area is 130 Å². The average molecular weight is 298 g/mol. The number of aliphatic hydroxyl groups is 1. The number of hydrogen-bond acceptors (Lipinski definition) is 3. The zero-order chi connectivity index (χ0) is 16.8. The van der Waals surface area contributed by atoms with Crippen molar-refractivity contribution >= 4 is 5.97 Å². The molecule has 0 aliphatic rings. The Bertz CT molecular complexity index is 339. The molecule has 0 aromatic carbocycles. The van der Waals surface area contributed by atoms with Gasteiger partial charge in [-0.25, -0.2) is 0 Å². The van der Waals surface area contributed by atoms with Crippen molar-refractivity contribution in [1.82, 2.24) is 0 Å². The lowest BCUT2D eigenvalue weighted by Gasteiger charge is -2.33. The van der Waals surface area contributed by atoms with Crippen molar-refractivity contribution in [3.8, 4) is 0 Å². The van der Waals surface area contributed by atoms with Crippen molar-refractivity contribution in [3.63, 3.8) is 0 Å². The maximum Gasteiger partial charge on any atom is 0.314 e. The highest BCUT2D eigenvalue weighted by Crippen LogP contribution is 2.34. The molecular weight excluding hydrogens is 264 g/mol. The van der Waals surface area contributed by atoms with Gasteiger partial charge in [0.05, 0.1) is 11.5 Å². The number of carbonyl (C=O) groups is 1. The van der Waals surface area contributed by atoms with Crippen molar-refractivity contribution in [3.05, 3.63) is 12.7 Å². The van der Waals surface area contributed by atoms with Gasteiger partial charge in [-0.2, -0.15) is 0 Å². The molecule has 3 heteroatoms. The van der Waals surface area contributed by atoms with Gasteiger partial charge in [0.1, 0.15) is 6.61 Å². The molecule has 0 radical (unpaired) electrons. The molecule has 124 valence electrons. The first kappa shape index (κ1) is 20.2. The highest BCUT2D eigenvalue weighted by Gasteiger charge is 2.38. The number of ether oxygens (including phenoxy) is 1. The quantitative estimate of drug-likeness (QED) is 0.539. The summed E-state index contributed by atoms with van der Waals surface area (Å²) in [5, 5.41) is 10.4. The molecule has 3 atom stereocenters. The third kappa shape index (κ3) is 6.64. The molecule has 0 heterocycles. The molecule has 0 spiro atoms. The number of aliphatic hydroxyl groups excluding tert-OH is 1. The Morgan fingerprint density at radius 3 is 2.14 bits per heavy atom. The van der Waals surface area contributed by atoms with Crippen molar-refractivity contribution in [2.24, 2.45) is 22.7 Å². The minimum atomic E-state index is -0.887. The van der Waals surface area contributed by atoms with Crippen molar-refractivity contribution < 1.29 is 14.6 Å². The molecule has 0 rings (SSSR count). The van der Waals surface area contributed by atoms with Gasteiger partial charge in [0, 0.05) is 0 Å². The Morgan fingerprint density at radius 2 is 1.71 bits per heavy atom. The molecule has 0 saturated carbocycles.